The molecule has 1 heterocycles. The number of hydrogen-bond acceptors (Lipinski definition) is 3. The van der Waals surface area contributed by atoms with Gasteiger partial charge in [0.1, 0.15) is 11.6 Å². The summed E-state index contributed by atoms with van der Waals surface area (Å²) in [6.45, 7) is 2.98. The maximum absolute atomic E-state index is 5.16. The highest BCUT2D eigenvalue weighted by atomic mass is 16.5. The third-order valence-electron chi connectivity index (χ3n) is 2.25. The zero-order chi connectivity index (χ0) is 9.97. The van der Waals surface area contributed by atoms with E-state index in [9.17, 15) is 0 Å². The summed E-state index contributed by atoms with van der Waals surface area (Å²) >= 11 is 0. The lowest BCUT2D eigenvalue weighted by atomic mass is 10.2. The number of benzene rings is 1. The van der Waals surface area contributed by atoms with Gasteiger partial charge < -0.3 is 10.1 Å². The van der Waals surface area contributed by atoms with Crippen LogP contribution in [0.5, 0.6) is 5.75 Å². The molecule has 1 unspecified atom stereocenters. The molecule has 1 aromatic rings. The smallest absolute Gasteiger partial charge is 0.128 e. The Morgan fingerprint density at radius 1 is 1.50 bits per heavy atom. The van der Waals surface area contributed by atoms with Crippen molar-refractivity contribution in [3.05, 3.63) is 29.8 Å². The summed E-state index contributed by atoms with van der Waals surface area (Å²) < 4.78 is 5.16. The number of aliphatic imine (C=N–C) groups is 1. The molecule has 0 fully saturated rings. The van der Waals surface area contributed by atoms with Crippen LogP contribution in [-0.4, -0.2) is 25.5 Å². The average Bonchev–Trinajstić information content (AvgIpc) is 2.65. The van der Waals surface area contributed by atoms with Crippen molar-refractivity contribution in [2.75, 3.05) is 13.7 Å². The maximum atomic E-state index is 5.16. The van der Waals surface area contributed by atoms with Crippen LogP contribution in [0.1, 0.15) is 12.5 Å². The molecule has 74 valence electrons. The van der Waals surface area contributed by atoms with Crippen LogP contribution >= 0.6 is 0 Å². The number of methoxy groups -OCH3 is 1. The van der Waals surface area contributed by atoms with Gasteiger partial charge >= 0.3 is 0 Å². The van der Waals surface area contributed by atoms with Gasteiger partial charge in [0.05, 0.1) is 13.7 Å². The second kappa shape index (κ2) is 3.70. The van der Waals surface area contributed by atoms with Gasteiger partial charge in [0.2, 0.25) is 0 Å². The van der Waals surface area contributed by atoms with E-state index in [2.05, 4.69) is 17.2 Å². The number of nitrogens with one attached hydrogen (secondary N) is 1. The Balaban J connectivity index is 2.24. The highest BCUT2D eigenvalue weighted by Gasteiger charge is 2.13. The highest BCUT2D eigenvalue weighted by molar-refractivity contribution is 6.00. The van der Waals surface area contributed by atoms with E-state index in [1.54, 1.807) is 7.11 Å². The predicted molar refractivity (Wildman–Crippen MR) is 57.0 cm³/mol. The van der Waals surface area contributed by atoms with Gasteiger partial charge in [0.15, 0.2) is 0 Å². The Kier molecular flexibility index (Phi) is 2.39. The lowest BCUT2D eigenvalue weighted by Crippen LogP contribution is -2.27. The molecule has 0 spiro atoms. The van der Waals surface area contributed by atoms with Crippen molar-refractivity contribution in [1.82, 2.24) is 5.32 Å². The van der Waals surface area contributed by atoms with E-state index in [4.69, 9.17) is 4.74 Å². The standard InChI is InChI=1S/C11H14N2O/c1-8-7-12-11(13-8)9-4-3-5-10(6-9)14-2/h3-6,8H,7H2,1-2H3,(H,12,13). The Hall–Kier alpha value is -1.51. The van der Waals surface area contributed by atoms with Crippen molar-refractivity contribution in [2.45, 2.75) is 13.0 Å². The first-order valence-electron chi connectivity index (χ1n) is 4.75. The molecular formula is C11H14N2O. The number of rotatable bonds is 2. The van der Waals surface area contributed by atoms with Gasteiger partial charge in [-0.15, -0.1) is 0 Å². The Morgan fingerprint density at radius 2 is 2.36 bits per heavy atom. The number of amidine groups is 1. The lowest BCUT2D eigenvalue weighted by Gasteiger charge is -2.07. The van der Waals surface area contributed by atoms with Crippen molar-refractivity contribution in [3.63, 3.8) is 0 Å². The van der Waals surface area contributed by atoms with Crippen molar-refractivity contribution < 1.29 is 4.74 Å². The number of hydrogen-bond donors (Lipinski definition) is 1. The van der Waals surface area contributed by atoms with E-state index in [1.807, 2.05) is 24.3 Å². The van der Waals surface area contributed by atoms with Crippen LogP contribution in [0.25, 0.3) is 0 Å². The minimum Gasteiger partial charge on any atom is -0.497 e. The van der Waals surface area contributed by atoms with E-state index < -0.39 is 0 Å². The summed E-state index contributed by atoms with van der Waals surface area (Å²) in [5, 5.41) is 3.32. The summed E-state index contributed by atoms with van der Waals surface area (Å²) in [6, 6.07) is 8.37. The predicted octanol–water partition coefficient (Wildman–Crippen LogP) is 1.43. The molecule has 0 aromatic heterocycles. The molecule has 0 saturated carbocycles. The Labute approximate surface area is 83.8 Å². The van der Waals surface area contributed by atoms with E-state index in [-0.39, 0.29) is 0 Å². The summed E-state index contributed by atoms with van der Waals surface area (Å²) in [5.41, 5.74) is 1.09. The van der Waals surface area contributed by atoms with Gasteiger partial charge in [-0.25, -0.2) is 0 Å². The fourth-order valence-electron chi connectivity index (χ4n) is 1.50. The van der Waals surface area contributed by atoms with Gasteiger partial charge in [-0.2, -0.15) is 0 Å². The van der Waals surface area contributed by atoms with Crippen LogP contribution in [0.4, 0.5) is 0 Å². The quantitative estimate of drug-likeness (QED) is 0.765. The first-order chi connectivity index (χ1) is 6.79. The molecule has 0 bridgehead atoms. The molecule has 1 N–H and O–H groups in total. The van der Waals surface area contributed by atoms with E-state index >= 15 is 0 Å². The van der Waals surface area contributed by atoms with Crippen molar-refractivity contribution >= 4 is 5.84 Å². The van der Waals surface area contributed by atoms with Crippen LogP contribution in [0.15, 0.2) is 29.3 Å². The van der Waals surface area contributed by atoms with Crippen LogP contribution in [0, 0.1) is 0 Å². The van der Waals surface area contributed by atoms with Crippen molar-refractivity contribution in [1.29, 1.82) is 0 Å². The minimum absolute atomic E-state index is 0.441. The molecule has 3 heteroatoms. The largest absolute Gasteiger partial charge is 0.497 e. The average molecular weight is 190 g/mol. The van der Waals surface area contributed by atoms with Crippen LogP contribution < -0.4 is 10.1 Å². The molecule has 1 atom stereocenters. The van der Waals surface area contributed by atoms with Gasteiger partial charge in [0, 0.05) is 11.6 Å². The van der Waals surface area contributed by atoms with Crippen LogP contribution in [0.2, 0.25) is 0 Å². The summed E-state index contributed by atoms with van der Waals surface area (Å²) in [7, 11) is 1.67. The van der Waals surface area contributed by atoms with Gasteiger partial charge in [-0.1, -0.05) is 12.1 Å². The van der Waals surface area contributed by atoms with Gasteiger partial charge in [-0.05, 0) is 19.1 Å². The first-order valence-corrected chi connectivity index (χ1v) is 4.75. The SMILES string of the molecule is COc1cccc(C2=NCC(C)N2)c1. The molecule has 1 aliphatic rings. The zero-order valence-corrected chi connectivity index (χ0v) is 8.45. The monoisotopic (exact) mass is 190 g/mol. The topological polar surface area (TPSA) is 33.6 Å². The molecular weight excluding hydrogens is 176 g/mol. The Bertz CT molecular complexity index is 360. The third kappa shape index (κ3) is 1.71. The molecule has 14 heavy (non-hydrogen) atoms. The zero-order valence-electron chi connectivity index (χ0n) is 8.45. The molecule has 0 aliphatic carbocycles. The molecule has 0 saturated heterocycles. The van der Waals surface area contributed by atoms with E-state index in [0.717, 1.165) is 23.7 Å². The normalized spacial score (nSPS) is 20.1. The van der Waals surface area contributed by atoms with E-state index in [0.29, 0.717) is 6.04 Å². The number of nitrogens with zero attached hydrogens (tertiary/aromatic N) is 1. The molecule has 0 radical (unpaired) electrons. The summed E-state index contributed by atoms with van der Waals surface area (Å²) in [5.74, 6) is 1.84. The summed E-state index contributed by atoms with van der Waals surface area (Å²) in [6.07, 6.45) is 0. The third-order valence-corrected chi connectivity index (χ3v) is 2.25. The van der Waals surface area contributed by atoms with E-state index in [1.165, 1.54) is 0 Å². The van der Waals surface area contributed by atoms with Crippen LogP contribution in [0.3, 0.4) is 0 Å². The maximum Gasteiger partial charge on any atom is 0.128 e. The Morgan fingerprint density at radius 3 is 3.00 bits per heavy atom. The van der Waals surface area contributed by atoms with Crippen molar-refractivity contribution in [2.24, 2.45) is 4.99 Å². The molecule has 0 amide bonds. The van der Waals surface area contributed by atoms with Crippen LogP contribution in [-0.2, 0) is 0 Å². The molecule has 1 aromatic carbocycles. The second-order valence-corrected chi connectivity index (χ2v) is 3.47. The first kappa shape index (κ1) is 9.06. The lowest BCUT2D eigenvalue weighted by molar-refractivity contribution is 0.414. The minimum atomic E-state index is 0.441. The summed E-state index contributed by atoms with van der Waals surface area (Å²) in [4.78, 5) is 4.41. The molecule has 2 rings (SSSR count). The number of ether oxygens (including phenoxy) is 1. The highest BCUT2D eigenvalue weighted by Crippen LogP contribution is 2.14. The fourth-order valence-corrected chi connectivity index (χ4v) is 1.50. The molecule has 3 nitrogen and oxygen atoms in total. The van der Waals surface area contributed by atoms with Gasteiger partial charge in [0.25, 0.3) is 0 Å². The molecule has 1 aliphatic heterocycles. The fraction of sp³-hybridized carbons (Fsp3) is 0.364. The van der Waals surface area contributed by atoms with Crippen molar-refractivity contribution in [3.8, 4) is 5.75 Å². The van der Waals surface area contributed by atoms with Gasteiger partial charge in [-0.3, -0.25) is 4.99 Å². The second-order valence-electron chi connectivity index (χ2n) is 3.47.